The van der Waals surface area contributed by atoms with E-state index in [0.29, 0.717) is 5.69 Å². The van der Waals surface area contributed by atoms with Gasteiger partial charge in [0, 0.05) is 16.6 Å². The fourth-order valence-electron chi connectivity index (χ4n) is 1.73. The van der Waals surface area contributed by atoms with Crippen LogP contribution in [0.3, 0.4) is 0 Å². The molecule has 3 rings (SSSR count). The number of aromatic nitrogens is 4. The molecule has 20 heavy (non-hydrogen) atoms. The van der Waals surface area contributed by atoms with Crippen LogP contribution in [-0.4, -0.2) is 26.3 Å². The molecule has 0 saturated heterocycles. The van der Waals surface area contributed by atoms with Crippen molar-refractivity contribution in [2.45, 2.75) is 6.92 Å². The molecule has 3 aromatic rings. The summed E-state index contributed by atoms with van der Waals surface area (Å²) in [4.78, 5) is 16.2. The second kappa shape index (κ2) is 5.22. The van der Waals surface area contributed by atoms with Gasteiger partial charge >= 0.3 is 0 Å². The lowest BCUT2D eigenvalue weighted by Gasteiger charge is -2.03. The van der Waals surface area contributed by atoms with Crippen LogP contribution in [0.5, 0.6) is 0 Å². The van der Waals surface area contributed by atoms with Crippen molar-refractivity contribution >= 4 is 22.9 Å². The lowest BCUT2D eigenvalue weighted by atomic mass is 10.1. The van der Waals surface area contributed by atoms with Crippen molar-refractivity contribution in [2.24, 2.45) is 0 Å². The molecule has 6 nitrogen and oxygen atoms in total. The van der Waals surface area contributed by atoms with Gasteiger partial charge in [-0.3, -0.25) is 4.79 Å². The number of hydrogen-bond acceptors (Lipinski definition) is 5. The molecular weight excluding hydrogens is 274 g/mol. The average molecular weight is 285 g/mol. The third kappa shape index (κ3) is 2.57. The first-order valence-corrected chi connectivity index (χ1v) is 6.80. The molecule has 0 aliphatic carbocycles. The maximum absolute atomic E-state index is 11.8. The van der Waals surface area contributed by atoms with Crippen LogP contribution in [0.15, 0.2) is 35.8 Å². The first-order chi connectivity index (χ1) is 9.72. The Hall–Kier alpha value is -2.54. The number of benzene rings is 1. The molecule has 0 unspecified atom stereocenters. The lowest BCUT2D eigenvalue weighted by molar-refractivity contribution is 0.102. The zero-order chi connectivity index (χ0) is 13.9. The number of aromatic amines is 1. The molecule has 0 aliphatic rings. The van der Waals surface area contributed by atoms with Crippen LogP contribution in [-0.2, 0) is 0 Å². The Morgan fingerprint density at radius 3 is 2.70 bits per heavy atom. The molecule has 0 radical (unpaired) electrons. The van der Waals surface area contributed by atoms with Gasteiger partial charge in [-0.1, -0.05) is 12.1 Å². The summed E-state index contributed by atoms with van der Waals surface area (Å²) in [6.45, 7) is 1.97. The Bertz CT molecular complexity index is 718. The summed E-state index contributed by atoms with van der Waals surface area (Å²) in [5.74, 6) is -0.295. The number of anilines is 1. The van der Waals surface area contributed by atoms with E-state index >= 15 is 0 Å². The van der Waals surface area contributed by atoms with E-state index in [0.717, 1.165) is 16.3 Å². The second-order valence-electron chi connectivity index (χ2n) is 4.14. The number of nitrogens with one attached hydrogen (secondary N) is 2. The number of rotatable bonds is 3. The Kier molecular flexibility index (Phi) is 3.26. The van der Waals surface area contributed by atoms with Gasteiger partial charge in [-0.2, -0.15) is 15.4 Å². The molecule has 100 valence electrons. The van der Waals surface area contributed by atoms with Gasteiger partial charge in [0.1, 0.15) is 0 Å². The van der Waals surface area contributed by atoms with E-state index in [1.54, 1.807) is 11.3 Å². The maximum Gasteiger partial charge on any atom is 0.277 e. The van der Waals surface area contributed by atoms with Gasteiger partial charge in [-0.25, -0.2) is 4.98 Å². The first-order valence-electron chi connectivity index (χ1n) is 5.92. The first kappa shape index (κ1) is 12.5. The number of aryl methyl sites for hydroxylation is 1. The van der Waals surface area contributed by atoms with E-state index in [1.165, 1.54) is 6.20 Å². The van der Waals surface area contributed by atoms with Gasteiger partial charge in [0.2, 0.25) is 0 Å². The molecule has 0 fully saturated rings. The van der Waals surface area contributed by atoms with Crippen LogP contribution in [0.1, 0.15) is 15.5 Å². The highest BCUT2D eigenvalue weighted by molar-refractivity contribution is 7.09. The SMILES string of the molecule is Cc1nc(-c2ccc(NC(=O)c3cn[nH]n3)cc2)cs1. The van der Waals surface area contributed by atoms with E-state index in [1.807, 2.05) is 36.6 Å². The quantitative estimate of drug-likeness (QED) is 0.774. The highest BCUT2D eigenvalue weighted by Gasteiger charge is 2.09. The number of carbonyl (C=O) groups excluding carboxylic acids is 1. The molecule has 2 N–H and O–H groups in total. The fraction of sp³-hybridized carbons (Fsp3) is 0.0769. The van der Waals surface area contributed by atoms with Gasteiger partial charge in [0.05, 0.1) is 16.9 Å². The fourth-order valence-corrected chi connectivity index (χ4v) is 2.35. The monoisotopic (exact) mass is 285 g/mol. The van der Waals surface area contributed by atoms with Crippen LogP contribution in [0.2, 0.25) is 0 Å². The van der Waals surface area contributed by atoms with E-state index in [-0.39, 0.29) is 11.6 Å². The summed E-state index contributed by atoms with van der Waals surface area (Å²) in [6, 6.07) is 7.52. The standard InChI is InChI=1S/C13H11N5OS/c1-8-15-12(7-20-8)9-2-4-10(5-3-9)16-13(19)11-6-14-18-17-11/h2-7H,1H3,(H,16,19)(H,14,17,18). The van der Waals surface area contributed by atoms with Crippen LogP contribution in [0.4, 0.5) is 5.69 Å². The molecule has 1 amide bonds. The van der Waals surface area contributed by atoms with E-state index < -0.39 is 0 Å². The molecule has 0 saturated carbocycles. The largest absolute Gasteiger partial charge is 0.321 e. The highest BCUT2D eigenvalue weighted by Crippen LogP contribution is 2.23. The number of thiazole rings is 1. The Morgan fingerprint density at radius 2 is 2.10 bits per heavy atom. The Labute approximate surface area is 118 Å². The van der Waals surface area contributed by atoms with Gasteiger partial charge in [-0.15, -0.1) is 11.3 Å². The van der Waals surface area contributed by atoms with Crippen molar-refractivity contribution in [2.75, 3.05) is 5.32 Å². The van der Waals surface area contributed by atoms with Gasteiger partial charge in [0.25, 0.3) is 5.91 Å². The van der Waals surface area contributed by atoms with Crippen molar-refractivity contribution in [1.29, 1.82) is 0 Å². The zero-order valence-corrected chi connectivity index (χ0v) is 11.4. The molecule has 1 aromatic carbocycles. The minimum Gasteiger partial charge on any atom is -0.321 e. The molecule has 2 aromatic heterocycles. The molecule has 7 heteroatoms. The molecule has 0 spiro atoms. The van der Waals surface area contributed by atoms with Gasteiger partial charge in [0.15, 0.2) is 5.69 Å². The van der Waals surface area contributed by atoms with Crippen LogP contribution in [0, 0.1) is 6.92 Å². The highest BCUT2D eigenvalue weighted by atomic mass is 32.1. The smallest absolute Gasteiger partial charge is 0.277 e. The summed E-state index contributed by atoms with van der Waals surface area (Å²) in [7, 11) is 0. The zero-order valence-electron chi connectivity index (χ0n) is 10.6. The predicted octanol–water partition coefficient (Wildman–Crippen LogP) is 2.49. The van der Waals surface area contributed by atoms with Gasteiger partial charge in [-0.05, 0) is 19.1 Å². The van der Waals surface area contributed by atoms with Crippen molar-refractivity contribution in [3.05, 3.63) is 46.5 Å². The molecule has 0 atom stereocenters. The lowest BCUT2D eigenvalue weighted by Crippen LogP contribution is -2.12. The predicted molar refractivity (Wildman–Crippen MR) is 76.6 cm³/mol. The molecular formula is C13H11N5OS. The van der Waals surface area contributed by atoms with E-state index in [9.17, 15) is 4.79 Å². The van der Waals surface area contributed by atoms with Crippen molar-refractivity contribution in [1.82, 2.24) is 20.4 Å². The van der Waals surface area contributed by atoms with E-state index in [4.69, 9.17) is 0 Å². The maximum atomic E-state index is 11.8. The summed E-state index contributed by atoms with van der Waals surface area (Å²) >= 11 is 1.61. The van der Waals surface area contributed by atoms with E-state index in [2.05, 4.69) is 25.7 Å². The Balaban J connectivity index is 1.75. The number of H-pyrrole nitrogens is 1. The summed E-state index contributed by atoms with van der Waals surface area (Å²) < 4.78 is 0. The second-order valence-corrected chi connectivity index (χ2v) is 5.20. The topological polar surface area (TPSA) is 83.6 Å². The van der Waals surface area contributed by atoms with Crippen molar-refractivity contribution in [3.8, 4) is 11.3 Å². The minimum absolute atomic E-state index is 0.254. The normalized spacial score (nSPS) is 10.4. The summed E-state index contributed by atoms with van der Waals surface area (Å²) in [5, 5.41) is 15.5. The number of hydrogen-bond donors (Lipinski definition) is 2. The van der Waals surface area contributed by atoms with Crippen molar-refractivity contribution in [3.63, 3.8) is 0 Å². The summed E-state index contributed by atoms with van der Waals surface area (Å²) in [5.41, 5.74) is 2.92. The number of nitrogens with zero attached hydrogens (tertiary/aromatic N) is 3. The number of carbonyl (C=O) groups is 1. The van der Waals surface area contributed by atoms with Crippen LogP contribution < -0.4 is 5.32 Å². The van der Waals surface area contributed by atoms with Gasteiger partial charge < -0.3 is 5.32 Å². The average Bonchev–Trinajstić information content (AvgIpc) is 3.10. The molecule has 0 bridgehead atoms. The van der Waals surface area contributed by atoms with Crippen LogP contribution in [0.25, 0.3) is 11.3 Å². The molecule has 0 aliphatic heterocycles. The molecule has 2 heterocycles. The minimum atomic E-state index is -0.295. The van der Waals surface area contributed by atoms with Crippen molar-refractivity contribution < 1.29 is 4.79 Å². The van der Waals surface area contributed by atoms with Crippen LogP contribution >= 0.6 is 11.3 Å². The third-order valence-corrected chi connectivity index (χ3v) is 3.48. The Morgan fingerprint density at radius 1 is 1.30 bits per heavy atom. The third-order valence-electron chi connectivity index (χ3n) is 2.71. The summed E-state index contributed by atoms with van der Waals surface area (Å²) in [6.07, 6.45) is 1.38. The number of amides is 1.